The number of nitrogens with zero attached hydrogens (tertiary/aromatic N) is 4. The average Bonchev–Trinajstić information content (AvgIpc) is 3.44. The number of carbonyl (C=O) groups is 1. The van der Waals surface area contributed by atoms with E-state index in [4.69, 9.17) is 4.74 Å². The maximum atomic E-state index is 13.2. The van der Waals surface area contributed by atoms with E-state index in [1.807, 2.05) is 46.8 Å². The van der Waals surface area contributed by atoms with Crippen LogP contribution in [0.3, 0.4) is 0 Å². The normalized spacial score (nSPS) is 19.0. The number of hydrogen-bond acceptors (Lipinski definition) is 5. The fraction of sp³-hybridized carbons (Fsp3) is 0.500. The quantitative estimate of drug-likeness (QED) is 0.768. The van der Waals surface area contributed by atoms with Gasteiger partial charge in [-0.15, -0.1) is 10.2 Å². The summed E-state index contributed by atoms with van der Waals surface area (Å²) in [6, 6.07) is 9.93. The lowest BCUT2D eigenvalue weighted by molar-refractivity contribution is -0.134. The van der Waals surface area contributed by atoms with E-state index in [1.165, 1.54) is 24.6 Å². The highest BCUT2D eigenvalue weighted by Gasteiger charge is 2.32. The van der Waals surface area contributed by atoms with Crippen molar-refractivity contribution in [3.63, 3.8) is 0 Å². The Labute approximate surface area is 151 Å². The molecule has 1 aromatic carbocycles. The smallest absolute Gasteiger partial charge is 0.240 e. The largest absolute Gasteiger partial charge is 0.378 e. The van der Waals surface area contributed by atoms with Crippen molar-refractivity contribution in [1.29, 1.82) is 0 Å². The van der Waals surface area contributed by atoms with Gasteiger partial charge in [-0.1, -0.05) is 42.1 Å². The van der Waals surface area contributed by atoms with Crippen LogP contribution in [0.4, 0.5) is 0 Å². The predicted molar refractivity (Wildman–Crippen MR) is 95.4 cm³/mol. The van der Waals surface area contributed by atoms with Gasteiger partial charge >= 0.3 is 0 Å². The van der Waals surface area contributed by atoms with Crippen LogP contribution in [0.15, 0.2) is 35.5 Å². The van der Waals surface area contributed by atoms with E-state index in [9.17, 15) is 4.79 Å². The molecule has 0 radical (unpaired) electrons. The lowest BCUT2D eigenvalue weighted by Gasteiger charge is -2.30. The van der Waals surface area contributed by atoms with Gasteiger partial charge < -0.3 is 14.2 Å². The summed E-state index contributed by atoms with van der Waals surface area (Å²) in [5.41, 5.74) is 1.000. The third-order valence-electron chi connectivity index (χ3n) is 4.68. The monoisotopic (exact) mass is 358 g/mol. The van der Waals surface area contributed by atoms with Crippen LogP contribution in [0.25, 0.3) is 0 Å². The number of morpholine rings is 1. The highest BCUT2D eigenvalue weighted by molar-refractivity contribution is 8.00. The second-order valence-electron chi connectivity index (χ2n) is 6.52. The number of hydrogen-bond donors (Lipinski definition) is 0. The van der Waals surface area contributed by atoms with E-state index >= 15 is 0 Å². The van der Waals surface area contributed by atoms with Crippen molar-refractivity contribution in [2.24, 2.45) is 7.05 Å². The van der Waals surface area contributed by atoms with E-state index in [0.717, 1.165) is 16.5 Å². The van der Waals surface area contributed by atoms with Gasteiger partial charge in [0.2, 0.25) is 5.91 Å². The highest BCUT2D eigenvalue weighted by Crippen LogP contribution is 2.41. The summed E-state index contributed by atoms with van der Waals surface area (Å²) in [5, 5.41) is 9.19. The SMILES string of the molecule is Cn1c(S[C@H](C(=O)N2CCOCC2)c2ccccc2)nnc1C1CC1. The third-order valence-corrected chi connectivity index (χ3v) is 5.96. The molecule has 1 saturated carbocycles. The zero-order valence-corrected chi connectivity index (χ0v) is 15.1. The Balaban J connectivity index is 1.60. The highest BCUT2D eigenvalue weighted by atomic mass is 32.2. The minimum absolute atomic E-state index is 0.121. The summed E-state index contributed by atoms with van der Waals surface area (Å²) in [5.74, 6) is 1.69. The van der Waals surface area contributed by atoms with E-state index in [0.29, 0.717) is 32.2 Å². The molecule has 1 amide bonds. The van der Waals surface area contributed by atoms with Crippen LogP contribution in [0.5, 0.6) is 0 Å². The Bertz CT molecular complexity index is 739. The molecular weight excluding hydrogens is 336 g/mol. The predicted octanol–water partition coefficient (Wildman–Crippen LogP) is 2.38. The van der Waals surface area contributed by atoms with Crippen molar-refractivity contribution in [1.82, 2.24) is 19.7 Å². The van der Waals surface area contributed by atoms with Crippen molar-refractivity contribution in [3.8, 4) is 0 Å². The lowest BCUT2D eigenvalue weighted by atomic mass is 10.1. The number of carbonyl (C=O) groups excluding carboxylic acids is 1. The number of benzene rings is 1. The number of ether oxygens (including phenoxy) is 1. The van der Waals surface area contributed by atoms with Gasteiger partial charge in [0.1, 0.15) is 11.1 Å². The first kappa shape index (κ1) is 16.6. The zero-order chi connectivity index (χ0) is 17.2. The molecule has 132 valence electrons. The first-order chi connectivity index (χ1) is 12.2. The van der Waals surface area contributed by atoms with Crippen LogP contribution in [-0.2, 0) is 16.6 Å². The minimum Gasteiger partial charge on any atom is -0.378 e. The molecule has 2 aliphatic rings. The molecule has 0 bridgehead atoms. The standard InChI is InChI=1S/C18H22N4O2S/c1-21-16(14-7-8-14)19-20-18(21)25-15(13-5-3-2-4-6-13)17(23)22-9-11-24-12-10-22/h2-6,14-15H,7-12H2,1H3/t15-/m0/s1. The van der Waals surface area contributed by atoms with Crippen LogP contribution in [0.1, 0.15) is 35.4 Å². The molecule has 7 heteroatoms. The first-order valence-electron chi connectivity index (χ1n) is 8.71. The Morgan fingerprint density at radius 1 is 1.20 bits per heavy atom. The van der Waals surface area contributed by atoms with Gasteiger partial charge in [0.05, 0.1) is 13.2 Å². The molecule has 1 atom stereocenters. The average molecular weight is 358 g/mol. The second kappa shape index (κ2) is 7.17. The van der Waals surface area contributed by atoms with Crippen molar-refractivity contribution in [3.05, 3.63) is 41.7 Å². The van der Waals surface area contributed by atoms with Crippen LogP contribution in [0, 0.1) is 0 Å². The van der Waals surface area contributed by atoms with Gasteiger partial charge in [-0.2, -0.15) is 0 Å². The van der Waals surface area contributed by atoms with Crippen LogP contribution in [0.2, 0.25) is 0 Å². The number of aromatic nitrogens is 3. The molecule has 0 spiro atoms. The summed E-state index contributed by atoms with van der Waals surface area (Å²) >= 11 is 1.49. The molecule has 2 aromatic rings. The van der Waals surface area contributed by atoms with Gasteiger partial charge in [-0.25, -0.2) is 0 Å². The van der Waals surface area contributed by atoms with Crippen molar-refractivity contribution < 1.29 is 9.53 Å². The lowest BCUT2D eigenvalue weighted by Crippen LogP contribution is -2.42. The van der Waals surface area contributed by atoms with Gasteiger partial charge in [-0.05, 0) is 18.4 Å². The molecule has 1 aliphatic heterocycles. The number of rotatable bonds is 5. The summed E-state index contributed by atoms with van der Waals surface area (Å²) in [7, 11) is 2.00. The fourth-order valence-corrected chi connectivity index (χ4v) is 4.16. The fourth-order valence-electron chi connectivity index (χ4n) is 3.07. The molecule has 1 aliphatic carbocycles. The minimum atomic E-state index is -0.311. The van der Waals surface area contributed by atoms with E-state index in [1.54, 1.807) is 0 Å². The molecular formula is C18H22N4O2S. The van der Waals surface area contributed by atoms with Gasteiger partial charge in [0, 0.05) is 26.1 Å². The molecule has 2 heterocycles. The summed E-state index contributed by atoms with van der Waals surface area (Å²) in [6.07, 6.45) is 2.37. The Morgan fingerprint density at radius 3 is 2.60 bits per heavy atom. The maximum Gasteiger partial charge on any atom is 0.240 e. The molecule has 4 rings (SSSR count). The van der Waals surface area contributed by atoms with Crippen molar-refractivity contribution in [2.75, 3.05) is 26.3 Å². The molecule has 0 N–H and O–H groups in total. The molecule has 6 nitrogen and oxygen atoms in total. The molecule has 0 unspecified atom stereocenters. The first-order valence-corrected chi connectivity index (χ1v) is 9.59. The number of thioether (sulfide) groups is 1. The topological polar surface area (TPSA) is 60.2 Å². The van der Waals surface area contributed by atoms with E-state index in [-0.39, 0.29) is 11.2 Å². The van der Waals surface area contributed by atoms with Gasteiger partial charge in [0.25, 0.3) is 0 Å². The molecule has 1 aromatic heterocycles. The van der Waals surface area contributed by atoms with Crippen LogP contribution in [-0.4, -0.2) is 51.9 Å². The van der Waals surface area contributed by atoms with Crippen molar-refractivity contribution in [2.45, 2.75) is 29.2 Å². The summed E-state index contributed by atoms with van der Waals surface area (Å²) < 4.78 is 7.43. The van der Waals surface area contributed by atoms with Gasteiger partial charge in [-0.3, -0.25) is 4.79 Å². The van der Waals surface area contributed by atoms with Gasteiger partial charge in [0.15, 0.2) is 5.16 Å². The molecule has 2 fully saturated rings. The van der Waals surface area contributed by atoms with E-state index in [2.05, 4.69) is 10.2 Å². The van der Waals surface area contributed by atoms with Crippen molar-refractivity contribution >= 4 is 17.7 Å². The molecule has 25 heavy (non-hydrogen) atoms. The molecule has 1 saturated heterocycles. The Morgan fingerprint density at radius 2 is 1.92 bits per heavy atom. The van der Waals surface area contributed by atoms with Crippen LogP contribution >= 0.6 is 11.8 Å². The van der Waals surface area contributed by atoms with E-state index < -0.39 is 0 Å². The maximum absolute atomic E-state index is 13.2. The summed E-state index contributed by atoms with van der Waals surface area (Å²) in [4.78, 5) is 15.1. The Hall–Kier alpha value is -1.86. The second-order valence-corrected chi connectivity index (χ2v) is 7.59. The summed E-state index contributed by atoms with van der Waals surface area (Å²) in [6.45, 7) is 2.51. The van der Waals surface area contributed by atoms with Crippen LogP contribution < -0.4 is 0 Å². The Kier molecular flexibility index (Phi) is 4.76. The number of amides is 1. The third kappa shape index (κ3) is 3.57. The zero-order valence-electron chi connectivity index (χ0n) is 14.3.